The number of hydrogen-bond acceptors (Lipinski definition) is 5. The van der Waals surface area contributed by atoms with E-state index in [0.29, 0.717) is 18.0 Å². The summed E-state index contributed by atoms with van der Waals surface area (Å²) in [6, 6.07) is 5.85. The Bertz CT molecular complexity index is 1100. The maximum atomic E-state index is 13.0. The molecular weight excluding hydrogens is 366 g/mol. The molecule has 1 saturated heterocycles. The van der Waals surface area contributed by atoms with Crippen molar-refractivity contribution < 1.29 is 4.79 Å². The van der Waals surface area contributed by atoms with E-state index in [9.17, 15) is 4.79 Å². The van der Waals surface area contributed by atoms with Crippen LogP contribution >= 0.6 is 0 Å². The fourth-order valence-electron chi connectivity index (χ4n) is 3.97. The molecule has 8 nitrogen and oxygen atoms in total. The topological polar surface area (TPSA) is 81.2 Å². The molecule has 146 valence electrons. The standard InChI is InChI=1S/C21H21N7O/c29-20(18-15-28-11-2-6-24-21(28)25-18)27-10-1-3-17(14-27)19-23-9-12-26(19)13-16-4-7-22-8-5-16/h2,4-9,11-12,15,17H,1,3,10,13-14H2/t17-/m1/s1. The predicted molar refractivity (Wildman–Crippen MR) is 106 cm³/mol. The van der Waals surface area contributed by atoms with Crippen LogP contribution < -0.4 is 0 Å². The Balaban J connectivity index is 1.34. The highest BCUT2D eigenvalue weighted by Gasteiger charge is 2.29. The maximum Gasteiger partial charge on any atom is 0.274 e. The fraction of sp³-hybridized carbons (Fsp3) is 0.286. The average Bonchev–Trinajstić information content (AvgIpc) is 3.41. The first-order chi connectivity index (χ1) is 14.3. The molecule has 0 spiro atoms. The molecule has 5 heterocycles. The van der Waals surface area contributed by atoms with Crippen molar-refractivity contribution in [1.82, 2.24) is 33.8 Å². The molecule has 0 N–H and O–H groups in total. The molecule has 4 aromatic rings. The quantitative estimate of drug-likeness (QED) is 0.537. The number of imidazole rings is 2. The van der Waals surface area contributed by atoms with E-state index in [0.717, 1.165) is 31.8 Å². The van der Waals surface area contributed by atoms with Gasteiger partial charge in [0, 0.05) is 68.9 Å². The monoisotopic (exact) mass is 387 g/mol. The van der Waals surface area contributed by atoms with Crippen LogP contribution in [0.25, 0.3) is 5.78 Å². The highest BCUT2D eigenvalue weighted by molar-refractivity contribution is 5.92. The fourth-order valence-corrected chi connectivity index (χ4v) is 3.97. The van der Waals surface area contributed by atoms with Crippen molar-refractivity contribution in [2.24, 2.45) is 0 Å². The summed E-state index contributed by atoms with van der Waals surface area (Å²) in [5.41, 5.74) is 1.62. The van der Waals surface area contributed by atoms with Gasteiger partial charge in [0.05, 0.1) is 0 Å². The van der Waals surface area contributed by atoms with E-state index in [1.807, 2.05) is 41.7 Å². The van der Waals surface area contributed by atoms with Crippen LogP contribution in [0.2, 0.25) is 0 Å². The summed E-state index contributed by atoms with van der Waals surface area (Å²) >= 11 is 0. The minimum atomic E-state index is -0.0487. The van der Waals surface area contributed by atoms with Crippen molar-refractivity contribution in [1.29, 1.82) is 0 Å². The molecule has 4 aromatic heterocycles. The zero-order valence-corrected chi connectivity index (χ0v) is 15.9. The second kappa shape index (κ2) is 7.46. The molecule has 0 bridgehead atoms. The zero-order valence-electron chi connectivity index (χ0n) is 15.9. The number of aromatic nitrogens is 6. The molecule has 1 atom stereocenters. The lowest BCUT2D eigenvalue weighted by molar-refractivity contribution is 0.0698. The minimum absolute atomic E-state index is 0.0487. The van der Waals surface area contributed by atoms with Gasteiger partial charge in [-0.05, 0) is 36.6 Å². The summed E-state index contributed by atoms with van der Waals surface area (Å²) in [6.45, 7) is 2.13. The number of nitrogens with zero attached hydrogens (tertiary/aromatic N) is 7. The molecule has 1 fully saturated rings. The molecule has 1 aliphatic heterocycles. The number of amides is 1. The van der Waals surface area contributed by atoms with Crippen LogP contribution in [0.5, 0.6) is 0 Å². The molecule has 1 amide bonds. The Morgan fingerprint density at radius 2 is 2.00 bits per heavy atom. The van der Waals surface area contributed by atoms with Crippen molar-refractivity contribution in [2.75, 3.05) is 13.1 Å². The molecule has 29 heavy (non-hydrogen) atoms. The lowest BCUT2D eigenvalue weighted by Gasteiger charge is -2.32. The first kappa shape index (κ1) is 17.5. The van der Waals surface area contributed by atoms with Gasteiger partial charge >= 0.3 is 0 Å². The minimum Gasteiger partial charge on any atom is -0.337 e. The van der Waals surface area contributed by atoms with E-state index in [1.54, 1.807) is 29.2 Å². The SMILES string of the molecule is O=C(c1cn2cccnc2n1)N1CCC[C@@H](c2nccn2Cc2ccncc2)C1. The Morgan fingerprint density at radius 1 is 1.10 bits per heavy atom. The van der Waals surface area contributed by atoms with Crippen LogP contribution in [-0.4, -0.2) is 52.8 Å². The van der Waals surface area contributed by atoms with Gasteiger partial charge in [0.25, 0.3) is 5.91 Å². The number of fused-ring (bicyclic) bond motifs is 1. The normalized spacial score (nSPS) is 17.0. The van der Waals surface area contributed by atoms with Crippen molar-refractivity contribution in [3.63, 3.8) is 0 Å². The summed E-state index contributed by atoms with van der Waals surface area (Å²) in [5, 5.41) is 0. The molecule has 0 radical (unpaired) electrons. The van der Waals surface area contributed by atoms with Gasteiger partial charge in [-0.3, -0.25) is 14.2 Å². The first-order valence-corrected chi connectivity index (χ1v) is 9.77. The summed E-state index contributed by atoms with van der Waals surface area (Å²) < 4.78 is 3.94. The second-order valence-corrected chi connectivity index (χ2v) is 7.31. The van der Waals surface area contributed by atoms with Crippen LogP contribution in [0.1, 0.15) is 40.6 Å². The Labute approximate surface area is 167 Å². The number of rotatable bonds is 4. The summed E-state index contributed by atoms with van der Waals surface area (Å²) in [5.74, 6) is 1.72. The van der Waals surface area contributed by atoms with Gasteiger partial charge in [-0.15, -0.1) is 0 Å². The average molecular weight is 387 g/mol. The second-order valence-electron chi connectivity index (χ2n) is 7.31. The number of carbonyl (C=O) groups is 1. The molecular formula is C21H21N7O. The van der Waals surface area contributed by atoms with Crippen molar-refractivity contribution in [2.45, 2.75) is 25.3 Å². The number of hydrogen-bond donors (Lipinski definition) is 0. The van der Waals surface area contributed by atoms with Crippen LogP contribution in [-0.2, 0) is 6.54 Å². The van der Waals surface area contributed by atoms with E-state index in [-0.39, 0.29) is 11.8 Å². The molecule has 0 aliphatic carbocycles. The highest BCUT2D eigenvalue weighted by Crippen LogP contribution is 2.27. The molecule has 0 saturated carbocycles. The highest BCUT2D eigenvalue weighted by atomic mass is 16.2. The van der Waals surface area contributed by atoms with Gasteiger partial charge in [0.2, 0.25) is 5.78 Å². The lowest BCUT2D eigenvalue weighted by Crippen LogP contribution is -2.40. The number of piperidine rings is 1. The maximum absolute atomic E-state index is 13.0. The van der Waals surface area contributed by atoms with Crippen LogP contribution in [0, 0.1) is 0 Å². The van der Waals surface area contributed by atoms with E-state index >= 15 is 0 Å². The summed E-state index contributed by atoms with van der Waals surface area (Å²) in [7, 11) is 0. The number of likely N-dealkylation sites (tertiary alicyclic amines) is 1. The van der Waals surface area contributed by atoms with Gasteiger partial charge in [-0.25, -0.2) is 15.0 Å². The molecule has 8 heteroatoms. The summed E-state index contributed by atoms with van der Waals surface area (Å²) in [6.07, 6.45) is 14.7. The molecule has 5 rings (SSSR count). The van der Waals surface area contributed by atoms with E-state index < -0.39 is 0 Å². The van der Waals surface area contributed by atoms with Gasteiger partial charge < -0.3 is 9.47 Å². The Morgan fingerprint density at radius 3 is 2.86 bits per heavy atom. The number of carbonyl (C=O) groups excluding carboxylic acids is 1. The lowest BCUT2D eigenvalue weighted by atomic mass is 9.96. The van der Waals surface area contributed by atoms with Crippen LogP contribution in [0.3, 0.4) is 0 Å². The molecule has 0 aromatic carbocycles. The Hall–Kier alpha value is -3.55. The zero-order chi connectivity index (χ0) is 19.6. The first-order valence-electron chi connectivity index (χ1n) is 9.77. The van der Waals surface area contributed by atoms with Gasteiger partial charge in [0.1, 0.15) is 11.5 Å². The third-order valence-corrected chi connectivity index (χ3v) is 5.38. The number of pyridine rings is 1. The molecule has 0 unspecified atom stereocenters. The van der Waals surface area contributed by atoms with Gasteiger partial charge in [-0.2, -0.15) is 0 Å². The van der Waals surface area contributed by atoms with Gasteiger partial charge in [0.15, 0.2) is 0 Å². The van der Waals surface area contributed by atoms with Gasteiger partial charge in [-0.1, -0.05) is 0 Å². The van der Waals surface area contributed by atoms with Crippen molar-refractivity contribution >= 4 is 11.7 Å². The van der Waals surface area contributed by atoms with Crippen LogP contribution in [0.4, 0.5) is 0 Å². The predicted octanol–water partition coefficient (Wildman–Crippen LogP) is 2.39. The third kappa shape index (κ3) is 3.49. The van der Waals surface area contributed by atoms with E-state index in [2.05, 4.69) is 24.5 Å². The summed E-state index contributed by atoms with van der Waals surface area (Å²) in [4.78, 5) is 32.2. The van der Waals surface area contributed by atoms with Crippen molar-refractivity contribution in [3.8, 4) is 0 Å². The van der Waals surface area contributed by atoms with Crippen LogP contribution in [0.15, 0.2) is 61.6 Å². The Kier molecular flexibility index (Phi) is 4.51. The van der Waals surface area contributed by atoms with Crippen molar-refractivity contribution in [3.05, 3.63) is 78.7 Å². The smallest absolute Gasteiger partial charge is 0.274 e. The van der Waals surface area contributed by atoms with E-state index in [1.165, 1.54) is 5.56 Å². The van der Waals surface area contributed by atoms with E-state index in [4.69, 9.17) is 0 Å². The largest absolute Gasteiger partial charge is 0.337 e. The molecule has 1 aliphatic rings. The third-order valence-electron chi connectivity index (χ3n) is 5.38.